The van der Waals surface area contributed by atoms with Crippen molar-refractivity contribution < 1.29 is 4.79 Å². The maximum atomic E-state index is 11.3. The molecule has 92 valence electrons. The number of anilines is 1. The molecule has 0 saturated carbocycles. The predicted molar refractivity (Wildman–Crippen MR) is 74.0 cm³/mol. The first-order valence-corrected chi connectivity index (χ1v) is 5.80. The van der Waals surface area contributed by atoms with Crippen LogP contribution in [0.25, 0.3) is 0 Å². The second kappa shape index (κ2) is 5.63. The van der Waals surface area contributed by atoms with Crippen molar-refractivity contribution in [2.45, 2.75) is 19.4 Å². The molecule has 1 rings (SSSR count). The van der Waals surface area contributed by atoms with Crippen LogP contribution in [0.5, 0.6) is 0 Å². The van der Waals surface area contributed by atoms with Crippen LogP contribution in [0.4, 0.5) is 5.69 Å². The van der Waals surface area contributed by atoms with E-state index in [4.69, 9.17) is 23.7 Å². The summed E-state index contributed by atoms with van der Waals surface area (Å²) in [5.74, 6) is -0.354. The summed E-state index contributed by atoms with van der Waals surface area (Å²) in [6, 6.07) is 7.09. The average Bonchev–Trinajstić information content (AvgIpc) is 2.29. The molecule has 0 saturated heterocycles. The van der Waals surface area contributed by atoms with Gasteiger partial charge in [0.25, 0.3) is 0 Å². The summed E-state index contributed by atoms with van der Waals surface area (Å²) in [5, 5.41) is 0. The topological polar surface area (TPSA) is 72.4 Å². The lowest BCUT2D eigenvalue weighted by atomic mass is 10.1. The minimum Gasteiger partial charge on any atom is -0.389 e. The maximum Gasteiger partial charge on any atom is 0.240 e. The standard InChI is InChI=1S/C12H17N3OS/c1-3-9(11(13)16)15(2)10-7-5-4-6-8(10)12(14)17/h4-7,9H,3H2,1-2H3,(H2,13,16)(H2,14,17). The molecule has 0 radical (unpaired) electrons. The number of amides is 1. The van der Waals surface area contributed by atoms with E-state index in [0.717, 1.165) is 11.3 Å². The quantitative estimate of drug-likeness (QED) is 0.766. The molecule has 1 aromatic carbocycles. The Balaban J connectivity index is 3.15. The number of benzene rings is 1. The van der Waals surface area contributed by atoms with Crippen molar-refractivity contribution in [3.05, 3.63) is 29.8 Å². The number of hydrogen-bond acceptors (Lipinski definition) is 3. The smallest absolute Gasteiger partial charge is 0.240 e. The number of primary amides is 1. The van der Waals surface area contributed by atoms with E-state index in [1.54, 1.807) is 0 Å². The Morgan fingerprint density at radius 3 is 2.47 bits per heavy atom. The number of para-hydroxylation sites is 1. The van der Waals surface area contributed by atoms with Gasteiger partial charge in [-0.05, 0) is 18.6 Å². The third-order valence-electron chi connectivity index (χ3n) is 2.73. The molecule has 17 heavy (non-hydrogen) atoms. The Hall–Kier alpha value is -1.62. The molecule has 0 aromatic heterocycles. The lowest BCUT2D eigenvalue weighted by Crippen LogP contribution is -2.42. The summed E-state index contributed by atoms with van der Waals surface area (Å²) in [5.41, 5.74) is 12.6. The van der Waals surface area contributed by atoms with Crippen LogP contribution in [0.2, 0.25) is 0 Å². The van der Waals surface area contributed by atoms with Crippen LogP contribution in [0.15, 0.2) is 24.3 Å². The van der Waals surface area contributed by atoms with Crippen molar-refractivity contribution in [2.24, 2.45) is 11.5 Å². The summed E-state index contributed by atoms with van der Waals surface area (Å²) < 4.78 is 0. The Morgan fingerprint density at radius 2 is 2.00 bits per heavy atom. The molecule has 4 nitrogen and oxygen atoms in total. The second-order valence-corrected chi connectivity index (χ2v) is 4.26. The summed E-state index contributed by atoms with van der Waals surface area (Å²) in [7, 11) is 1.82. The lowest BCUT2D eigenvalue weighted by molar-refractivity contribution is -0.119. The number of hydrogen-bond donors (Lipinski definition) is 2. The van der Waals surface area contributed by atoms with Crippen molar-refractivity contribution in [3.8, 4) is 0 Å². The van der Waals surface area contributed by atoms with Gasteiger partial charge < -0.3 is 16.4 Å². The van der Waals surface area contributed by atoms with Crippen molar-refractivity contribution in [2.75, 3.05) is 11.9 Å². The highest BCUT2D eigenvalue weighted by Gasteiger charge is 2.21. The highest BCUT2D eigenvalue weighted by molar-refractivity contribution is 7.80. The van der Waals surface area contributed by atoms with Gasteiger partial charge in [0.15, 0.2) is 0 Å². The van der Waals surface area contributed by atoms with Gasteiger partial charge in [0.2, 0.25) is 5.91 Å². The van der Waals surface area contributed by atoms with Crippen LogP contribution in [-0.4, -0.2) is 24.0 Å². The molecule has 0 aliphatic heterocycles. The van der Waals surface area contributed by atoms with E-state index in [0.29, 0.717) is 11.4 Å². The van der Waals surface area contributed by atoms with Gasteiger partial charge in [0, 0.05) is 18.3 Å². The van der Waals surface area contributed by atoms with Crippen molar-refractivity contribution in [1.29, 1.82) is 0 Å². The molecule has 0 aliphatic carbocycles. The van der Waals surface area contributed by atoms with Crippen LogP contribution in [0.1, 0.15) is 18.9 Å². The first kappa shape index (κ1) is 13.4. The second-order valence-electron chi connectivity index (χ2n) is 3.82. The van der Waals surface area contributed by atoms with Gasteiger partial charge in [-0.1, -0.05) is 31.3 Å². The summed E-state index contributed by atoms with van der Waals surface area (Å²) >= 11 is 4.99. The van der Waals surface area contributed by atoms with Crippen LogP contribution in [-0.2, 0) is 4.79 Å². The molecule has 0 bridgehead atoms. The van der Waals surface area contributed by atoms with Crippen LogP contribution in [0, 0.1) is 0 Å². The molecule has 0 fully saturated rings. The van der Waals surface area contributed by atoms with Gasteiger partial charge in [-0.3, -0.25) is 4.79 Å². The van der Waals surface area contributed by atoms with Gasteiger partial charge in [-0.15, -0.1) is 0 Å². The van der Waals surface area contributed by atoms with Crippen molar-refractivity contribution >= 4 is 28.8 Å². The number of thiocarbonyl (C=S) groups is 1. The van der Waals surface area contributed by atoms with Gasteiger partial charge in [-0.25, -0.2) is 0 Å². The minimum absolute atomic E-state index is 0.312. The van der Waals surface area contributed by atoms with Gasteiger partial charge in [-0.2, -0.15) is 0 Å². The normalized spacial score (nSPS) is 11.9. The Kier molecular flexibility index (Phi) is 4.45. The molecule has 0 aliphatic rings. The van der Waals surface area contributed by atoms with E-state index in [-0.39, 0.29) is 11.9 Å². The molecule has 0 heterocycles. The van der Waals surface area contributed by atoms with E-state index in [9.17, 15) is 4.79 Å². The van der Waals surface area contributed by atoms with Gasteiger partial charge >= 0.3 is 0 Å². The fraction of sp³-hybridized carbons (Fsp3) is 0.333. The number of nitrogens with zero attached hydrogens (tertiary/aromatic N) is 1. The molecule has 1 amide bonds. The Bertz CT molecular complexity index is 434. The molecular weight excluding hydrogens is 234 g/mol. The van der Waals surface area contributed by atoms with E-state index < -0.39 is 0 Å². The van der Waals surface area contributed by atoms with E-state index >= 15 is 0 Å². The summed E-state index contributed by atoms with van der Waals surface area (Å²) in [4.78, 5) is 13.5. The van der Waals surface area contributed by atoms with Crippen molar-refractivity contribution in [3.63, 3.8) is 0 Å². The largest absolute Gasteiger partial charge is 0.389 e. The molecular formula is C12H17N3OS. The highest BCUT2D eigenvalue weighted by Crippen LogP contribution is 2.21. The van der Waals surface area contributed by atoms with E-state index in [1.165, 1.54) is 0 Å². The third kappa shape index (κ3) is 2.94. The highest BCUT2D eigenvalue weighted by atomic mass is 32.1. The third-order valence-corrected chi connectivity index (χ3v) is 2.95. The minimum atomic E-state index is -0.356. The molecule has 0 spiro atoms. The Morgan fingerprint density at radius 1 is 1.41 bits per heavy atom. The fourth-order valence-corrected chi connectivity index (χ4v) is 2.00. The number of rotatable bonds is 5. The molecule has 1 aromatic rings. The number of nitrogens with two attached hydrogens (primary N) is 2. The summed E-state index contributed by atoms with van der Waals surface area (Å²) in [6.07, 6.45) is 0.636. The Labute approximate surface area is 107 Å². The number of carbonyl (C=O) groups is 1. The molecule has 1 atom stereocenters. The summed E-state index contributed by atoms with van der Waals surface area (Å²) in [6.45, 7) is 1.91. The molecule has 4 N–H and O–H groups in total. The number of likely N-dealkylation sites (N-methyl/N-ethyl adjacent to an activating group) is 1. The number of carbonyl (C=O) groups excluding carboxylic acids is 1. The van der Waals surface area contributed by atoms with Gasteiger partial charge in [0.1, 0.15) is 11.0 Å². The molecule has 1 unspecified atom stereocenters. The van der Waals surface area contributed by atoms with E-state index in [2.05, 4.69) is 0 Å². The van der Waals surface area contributed by atoms with Gasteiger partial charge in [0.05, 0.1) is 0 Å². The van der Waals surface area contributed by atoms with E-state index in [1.807, 2.05) is 43.1 Å². The SMILES string of the molecule is CCC(C(N)=O)N(C)c1ccccc1C(N)=S. The lowest BCUT2D eigenvalue weighted by Gasteiger charge is -2.28. The monoisotopic (exact) mass is 251 g/mol. The fourth-order valence-electron chi connectivity index (χ4n) is 1.82. The zero-order chi connectivity index (χ0) is 13.0. The van der Waals surface area contributed by atoms with Crippen LogP contribution >= 0.6 is 12.2 Å². The maximum absolute atomic E-state index is 11.3. The zero-order valence-electron chi connectivity index (χ0n) is 10.0. The van der Waals surface area contributed by atoms with Crippen LogP contribution in [0.3, 0.4) is 0 Å². The van der Waals surface area contributed by atoms with Crippen LogP contribution < -0.4 is 16.4 Å². The predicted octanol–water partition coefficient (Wildman–Crippen LogP) is 1.02. The van der Waals surface area contributed by atoms with Crippen molar-refractivity contribution in [1.82, 2.24) is 0 Å². The average molecular weight is 251 g/mol. The zero-order valence-corrected chi connectivity index (χ0v) is 10.8. The first-order valence-electron chi connectivity index (χ1n) is 5.40. The molecule has 5 heteroatoms. The first-order chi connectivity index (χ1) is 7.99.